The Labute approximate surface area is 126 Å². The zero-order valence-corrected chi connectivity index (χ0v) is 13.1. The molecule has 5 nitrogen and oxygen atoms in total. The first-order valence-electron chi connectivity index (χ1n) is 8.21. The van der Waals surface area contributed by atoms with Gasteiger partial charge in [0.15, 0.2) is 0 Å². The molecule has 4 unspecified atom stereocenters. The fourth-order valence-electron chi connectivity index (χ4n) is 3.78. The third-order valence-electron chi connectivity index (χ3n) is 5.21. The van der Waals surface area contributed by atoms with Crippen LogP contribution in [0.5, 0.6) is 0 Å². The summed E-state index contributed by atoms with van der Waals surface area (Å²) in [6.07, 6.45) is 6.12. The summed E-state index contributed by atoms with van der Waals surface area (Å²) in [6.45, 7) is 3.98. The first-order valence-corrected chi connectivity index (χ1v) is 8.21. The quantitative estimate of drug-likeness (QED) is 0.831. The minimum Gasteiger partial charge on any atom is -0.480 e. The van der Waals surface area contributed by atoms with Gasteiger partial charge in [0.25, 0.3) is 0 Å². The highest BCUT2D eigenvalue weighted by Gasteiger charge is 2.43. The van der Waals surface area contributed by atoms with Gasteiger partial charge in [0.2, 0.25) is 5.91 Å². The van der Waals surface area contributed by atoms with Crippen molar-refractivity contribution in [3.8, 4) is 0 Å². The Morgan fingerprint density at radius 3 is 2.48 bits per heavy atom. The van der Waals surface area contributed by atoms with Crippen molar-refractivity contribution in [3.63, 3.8) is 0 Å². The molecule has 2 aliphatic rings. The molecule has 1 heterocycles. The van der Waals surface area contributed by atoms with Crippen molar-refractivity contribution < 1.29 is 14.7 Å². The number of likely N-dealkylation sites (tertiary alicyclic amines) is 1. The second-order valence-electron chi connectivity index (χ2n) is 6.96. The van der Waals surface area contributed by atoms with E-state index in [-0.39, 0.29) is 30.3 Å². The van der Waals surface area contributed by atoms with E-state index in [2.05, 4.69) is 0 Å². The van der Waals surface area contributed by atoms with Gasteiger partial charge in [-0.25, -0.2) is 4.79 Å². The Morgan fingerprint density at radius 1 is 1.19 bits per heavy atom. The Morgan fingerprint density at radius 2 is 1.86 bits per heavy atom. The molecule has 1 aliphatic heterocycles. The average molecular weight is 296 g/mol. The molecule has 1 saturated carbocycles. The highest BCUT2D eigenvalue weighted by atomic mass is 16.4. The monoisotopic (exact) mass is 296 g/mol. The molecule has 120 valence electrons. The van der Waals surface area contributed by atoms with E-state index in [9.17, 15) is 14.7 Å². The average Bonchev–Trinajstić information content (AvgIpc) is 2.45. The molecular formula is C16H28N2O3. The molecule has 2 rings (SSSR count). The maximum atomic E-state index is 12.7. The summed E-state index contributed by atoms with van der Waals surface area (Å²) < 4.78 is 0. The van der Waals surface area contributed by atoms with Crippen molar-refractivity contribution in [2.45, 2.75) is 76.9 Å². The zero-order chi connectivity index (χ0) is 15.6. The molecule has 0 spiro atoms. The van der Waals surface area contributed by atoms with Crippen LogP contribution >= 0.6 is 0 Å². The number of piperidine rings is 1. The first kappa shape index (κ1) is 16.3. The zero-order valence-electron chi connectivity index (χ0n) is 13.1. The third kappa shape index (κ3) is 3.57. The van der Waals surface area contributed by atoms with Crippen molar-refractivity contribution in [2.75, 3.05) is 0 Å². The van der Waals surface area contributed by atoms with Gasteiger partial charge in [0, 0.05) is 18.5 Å². The fourth-order valence-corrected chi connectivity index (χ4v) is 3.78. The van der Waals surface area contributed by atoms with Gasteiger partial charge >= 0.3 is 5.97 Å². The van der Waals surface area contributed by atoms with E-state index < -0.39 is 12.0 Å². The van der Waals surface area contributed by atoms with Crippen LogP contribution in [-0.4, -0.2) is 40.0 Å². The second kappa shape index (κ2) is 6.77. The van der Waals surface area contributed by atoms with E-state index in [1.165, 1.54) is 6.42 Å². The van der Waals surface area contributed by atoms with Crippen LogP contribution in [0, 0.1) is 11.8 Å². The van der Waals surface area contributed by atoms with Crippen LogP contribution in [0.3, 0.4) is 0 Å². The lowest BCUT2D eigenvalue weighted by atomic mass is 9.76. The molecule has 0 aromatic rings. The van der Waals surface area contributed by atoms with Crippen LogP contribution < -0.4 is 5.73 Å². The fraction of sp³-hybridized carbons (Fsp3) is 0.875. The predicted molar refractivity (Wildman–Crippen MR) is 80.7 cm³/mol. The first-order chi connectivity index (χ1) is 9.91. The Bertz CT molecular complexity index is 397. The number of nitrogens with zero attached hydrogens (tertiary/aromatic N) is 1. The third-order valence-corrected chi connectivity index (χ3v) is 5.21. The number of rotatable bonds is 4. The summed E-state index contributed by atoms with van der Waals surface area (Å²) in [5, 5.41) is 9.47. The Kier molecular flexibility index (Phi) is 5.25. The Balaban J connectivity index is 2.15. The highest BCUT2D eigenvalue weighted by Crippen LogP contribution is 2.38. The van der Waals surface area contributed by atoms with Crippen LogP contribution in [-0.2, 0) is 9.59 Å². The van der Waals surface area contributed by atoms with Gasteiger partial charge in [-0.3, -0.25) is 4.79 Å². The van der Waals surface area contributed by atoms with Crippen molar-refractivity contribution >= 4 is 11.9 Å². The molecule has 1 aliphatic carbocycles. The maximum absolute atomic E-state index is 12.7. The molecule has 1 saturated heterocycles. The number of hydrogen-bond acceptors (Lipinski definition) is 3. The Hall–Kier alpha value is -1.10. The van der Waals surface area contributed by atoms with E-state index in [1.807, 2.05) is 13.8 Å². The minimum absolute atomic E-state index is 0.0693. The van der Waals surface area contributed by atoms with Gasteiger partial charge in [-0.1, -0.05) is 26.7 Å². The molecule has 4 atom stereocenters. The summed E-state index contributed by atoms with van der Waals surface area (Å²) in [6, 6.07) is -0.743. The summed E-state index contributed by atoms with van der Waals surface area (Å²) in [4.78, 5) is 25.9. The molecule has 0 radical (unpaired) electrons. The molecule has 0 aromatic carbocycles. The summed E-state index contributed by atoms with van der Waals surface area (Å²) >= 11 is 0. The summed E-state index contributed by atoms with van der Waals surface area (Å²) in [7, 11) is 0. The smallest absolute Gasteiger partial charge is 0.326 e. The number of amides is 1. The molecular weight excluding hydrogens is 268 g/mol. The van der Waals surface area contributed by atoms with Gasteiger partial charge in [-0.15, -0.1) is 0 Å². The molecule has 3 N–H and O–H groups in total. The maximum Gasteiger partial charge on any atom is 0.326 e. The normalized spacial score (nSPS) is 30.9. The number of carbonyl (C=O) groups is 2. The van der Waals surface area contributed by atoms with Gasteiger partial charge in [0.05, 0.1) is 0 Å². The molecule has 5 heteroatoms. The molecule has 21 heavy (non-hydrogen) atoms. The van der Waals surface area contributed by atoms with Gasteiger partial charge in [-0.2, -0.15) is 0 Å². The number of carboxylic acid groups (broad SMARTS) is 1. The van der Waals surface area contributed by atoms with Crippen LogP contribution in [0.25, 0.3) is 0 Å². The van der Waals surface area contributed by atoms with Crippen LogP contribution in [0.4, 0.5) is 0 Å². The second-order valence-corrected chi connectivity index (χ2v) is 6.96. The number of carboxylic acids is 1. The topological polar surface area (TPSA) is 83.6 Å². The SMILES string of the molecule is CC(C)C(N)CC(=O)N1C(C(=O)O)CCC2CCCCC21. The van der Waals surface area contributed by atoms with Crippen LogP contribution in [0.1, 0.15) is 58.8 Å². The minimum atomic E-state index is -0.870. The van der Waals surface area contributed by atoms with E-state index >= 15 is 0 Å². The van der Waals surface area contributed by atoms with Crippen LogP contribution in [0.15, 0.2) is 0 Å². The van der Waals surface area contributed by atoms with E-state index in [4.69, 9.17) is 5.73 Å². The van der Waals surface area contributed by atoms with Gasteiger partial charge < -0.3 is 15.7 Å². The van der Waals surface area contributed by atoms with Crippen molar-refractivity contribution in [1.29, 1.82) is 0 Å². The van der Waals surface area contributed by atoms with Gasteiger partial charge in [-0.05, 0) is 37.5 Å². The van der Waals surface area contributed by atoms with Crippen molar-refractivity contribution in [1.82, 2.24) is 4.90 Å². The van der Waals surface area contributed by atoms with E-state index in [0.29, 0.717) is 12.3 Å². The predicted octanol–water partition coefficient (Wildman–Crippen LogP) is 1.99. The lowest BCUT2D eigenvalue weighted by Gasteiger charge is -2.47. The molecule has 0 aromatic heterocycles. The lowest BCUT2D eigenvalue weighted by molar-refractivity contribution is -0.158. The largest absolute Gasteiger partial charge is 0.480 e. The van der Waals surface area contributed by atoms with Gasteiger partial charge in [0.1, 0.15) is 6.04 Å². The summed E-state index contributed by atoms with van der Waals surface area (Å²) in [5.74, 6) is -0.233. The molecule has 0 bridgehead atoms. The van der Waals surface area contributed by atoms with Crippen LogP contribution in [0.2, 0.25) is 0 Å². The lowest BCUT2D eigenvalue weighted by Crippen LogP contribution is -2.58. The number of aliphatic carboxylic acids is 1. The molecule has 1 amide bonds. The van der Waals surface area contributed by atoms with E-state index in [1.54, 1.807) is 4.90 Å². The number of nitrogens with two attached hydrogens (primary N) is 1. The van der Waals surface area contributed by atoms with Crippen molar-refractivity contribution in [3.05, 3.63) is 0 Å². The molecule has 2 fully saturated rings. The van der Waals surface area contributed by atoms with Crippen molar-refractivity contribution in [2.24, 2.45) is 17.6 Å². The highest BCUT2D eigenvalue weighted by molar-refractivity contribution is 5.84. The number of carbonyl (C=O) groups excluding carboxylic acids is 1. The number of hydrogen-bond donors (Lipinski definition) is 2. The number of fused-ring (bicyclic) bond motifs is 1. The summed E-state index contributed by atoms with van der Waals surface area (Å²) in [5.41, 5.74) is 6.02. The standard InChI is InChI=1S/C16H28N2O3/c1-10(2)12(17)9-15(19)18-13-6-4-3-5-11(13)7-8-14(18)16(20)21/h10-14H,3-9,17H2,1-2H3,(H,20,21). The van der Waals surface area contributed by atoms with E-state index in [0.717, 1.165) is 25.7 Å².